The highest BCUT2D eigenvalue weighted by molar-refractivity contribution is 6.28. The summed E-state index contributed by atoms with van der Waals surface area (Å²) >= 11 is 0. The van der Waals surface area contributed by atoms with Gasteiger partial charge in [-0.3, -0.25) is 18.7 Å². The predicted molar refractivity (Wildman–Crippen MR) is 72.7 cm³/mol. The van der Waals surface area contributed by atoms with Gasteiger partial charge in [0.1, 0.15) is 5.52 Å². The summed E-state index contributed by atoms with van der Waals surface area (Å²) in [6, 6.07) is 0. The highest BCUT2D eigenvalue weighted by Gasteiger charge is 2.08. The van der Waals surface area contributed by atoms with Crippen molar-refractivity contribution in [3.63, 3.8) is 0 Å². The molecule has 0 aliphatic carbocycles. The molecule has 0 saturated heterocycles. The second-order valence-electron chi connectivity index (χ2n) is 3.73. The molecule has 0 aliphatic rings. The van der Waals surface area contributed by atoms with Crippen molar-refractivity contribution in [1.29, 1.82) is 0 Å². The summed E-state index contributed by atoms with van der Waals surface area (Å²) in [4.78, 5) is 39.2. The quantitative estimate of drug-likeness (QED) is 0.652. The summed E-state index contributed by atoms with van der Waals surface area (Å²) in [6.45, 7) is 3.35. The molecule has 2 aromatic rings. The van der Waals surface area contributed by atoms with Crippen LogP contribution >= 0.6 is 0 Å². The van der Waals surface area contributed by atoms with Gasteiger partial charge in [-0.25, -0.2) is 9.78 Å². The number of aryl methyl sites for hydroxylation is 1. The SMILES string of the molecule is C[SiH2]OC(C)=O.Cn1c(=O)c2[nH]cnc2n(C)c1=O. The van der Waals surface area contributed by atoms with Crippen LogP contribution in [0.2, 0.25) is 6.55 Å². The minimum absolute atomic E-state index is 0.149. The Morgan fingerprint density at radius 1 is 1.37 bits per heavy atom. The predicted octanol–water partition coefficient (Wildman–Crippen LogP) is -1.36. The van der Waals surface area contributed by atoms with Crippen LogP contribution in [-0.2, 0) is 23.3 Å². The lowest BCUT2D eigenvalue weighted by atomic mass is 10.5. The molecule has 0 bridgehead atoms. The second-order valence-corrected chi connectivity index (χ2v) is 4.60. The van der Waals surface area contributed by atoms with Crippen LogP contribution in [-0.4, -0.2) is 34.8 Å². The Balaban J connectivity index is 0.000000258. The highest BCUT2D eigenvalue weighted by atomic mass is 28.2. The lowest BCUT2D eigenvalue weighted by Crippen LogP contribution is -2.36. The molecule has 2 heterocycles. The van der Waals surface area contributed by atoms with Gasteiger partial charge in [-0.1, -0.05) is 0 Å². The topological polar surface area (TPSA) is 99.0 Å². The van der Waals surface area contributed by atoms with Crippen LogP contribution in [0.3, 0.4) is 0 Å². The number of aromatic nitrogens is 4. The van der Waals surface area contributed by atoms with E-state index in [9.17, 15) is 14.4 Å². The zero-order valence-electron chi connectivity index (χ0n) is 11.3. The first-order valence-corrected chi connectivity index (χ1v) is 7.61. The molecule has 0 aliphatic heterocycles. The smallest absolute Gasteiger partial charge is 0.332 e. The zero-order chi connectivity index (χ0) is 14.6. The summed E-state index contributed by atoms with van der Waals surface area (Å²) < 4.78 is 6.91. The van der Waals surface area contributed by atoms with E-state index in [0.29, 0.717) is 11.2 Å². The molecule has 0 aromatic carbocycles. The van der Waals surface area contributed by atoms with Crippen LogP contribution in [0.4, 0.5) is 0 Å². The molecule has 0 fully saturated rings. The molecule has 0 radical (unpaired) electrons. The van der Waals surface area contributed by atoms with Crippen LogP contribution in [0, 0.1) is 0 Å². The zero-order valence-corrected chi connectivity index (χ0v) is 12.7. The molecular formula is C10H16N4O4Si. The third-order valence-corrected chi connectivity index (χ3v) is 3.07. The van der Waals surface area contributed by atoms with E-state index in [1.165, 1.54) is 24.9 Å². The minimum atomic E-state index is -0.483. The van der Waals surface area contributed by atoms with Crippen molar-refractivity contribution in [1.82, 2.24) is 19.1 Å². The summed E-state index contributed by atoms with van der Waals surface area (Å²) in [6.07, 6.45) is 1.39. The van der Waals surface area contributed by atoms with Crippen LogP contribution in [0.15, 0.2) is 15.9 Å². The number of carbonyl (C=O) groups is 1. The average molecular weight is 284 g/mol. The number of fused-ring (bicyclic) bond motifs is 1. The summed E-state index contributed by atoms with van der Waals surface area (Å²) in [5.74, 6) is -0.149. The van der Waals surface area contributed by atoms with Gasteiger partial charge in [-0.2, -0.15) is 0 Å². The Hall–Kier alpha value is -2.16. The van der Waals surface area contributed by atoms with Crippen LogP contribution in [0.5, 0.6) is 0 Å². The number of nitrogens with one attached hydrogen (secondary N) is 1. The van der Waals surface area contributed by atoms with Gasteiger partial charge in [0.15, 0.2) is 5.65 Å². The lowest BCUT2D eigenvalue weighted by molar-refractivity contribution is -0.131. The van der Waals surface area contributed by atoms with Gasteiger partial charge in [0, 0.05) is 21.0 Å². The van der Waals surface area contributed by atoms with E-state index in [0.717, 1.165) is 4.57 Å². The Labute approximate surface area is 111 Å². The van der Waals surface area contributed by atoms with E-state index in [4.69, 9.17) is 0 Å². The second kappa shape index (κ2) is 6.14. The van der Waals surface area contributed by atoms with Gasteiger partial charge >= 0.3 is 5.69 Å². The highest BCUT2D eigenvalue weighted by Crippen LogP contribution is 1.97. The van der Waals surface area contributed by atoms with E-state index in [1.807, 2.05) is 6.55 Å². The Bertz CT molecular complexity index is 700. The van der Waals surface area contributed by atoms with Crippen molar-refractivity contribution in [3.05, 3.63) is 27.2 Å². The number of imidazole rings is 1. The van der Waals surface area contributed by atoms with E-state index in [-0.39, 0.29) is 17.2 Å². The fraction of sp³-hybridized carbons (Fsp3) is 0.400. The van der Waals surface area contributed by atoms with Crippen molar-refractivity contribution >= 4 is 26.9 Å². The average Bonchev–Trinajstić information content (AvgIpc) is 2.83. The van der Waals surface area contributed by atoms with Crippen molar-refractivity contribution in [3.8, 4) is 0 Å². The first-order chi connectivity index (χ1) is 8.90. The molecular weight excluding hydrogens is 268 g/mol. The van der Waals surface area contributed by atoms with Crippen molar-refractivity contribution in [2.24, 2.45) is 14.1 Å². The summed E-state index contributed by atoms with van der Waals surface area (Å²) in [5, 5.41) is 0. The number of hydrogen-bond acceptors (Lipinski definition) is 5. The van der Waals surface area contributed by atoms with Crippen molar-refractivity contribution < 1.29 is 9.22 Å². The lowest BCUT2D eigenvalue weighted by Gasteiger charge is -2.00. The Kier molecular flexibility index (Phi) is 4.81. The van der Waals surface area contributed by atoms with Gasteiger partial charge in [-0.15, -0.1) is 0 Å². The van der Waals surface area contributed by atoms with Gasteiger partial charge < -0.3 is 9.41 Å². The standard InChI is InChI=1S/C7H8N4O2.C3H8O2Si/c1-10-5-4(8-3-9-5)6(12)11(2)7(10)13;1-3(4)5-6-2/h3H,1-2H3,(H,8,9);6H2,1-2H3. The molecule has 104 valence electrons. The van der Waals surface area contributed by atoms with Crippen molar-refractivity contribution in [2.45, 2.75) is 13.5 Å². The molecule has 19 heavy (non-hydrogen) atoms. The number of nitrogens with zero attached hydrogens (tertiary/aromatic N) is 3. The number of carbonyl (C=O) groups excluding carboxylic acids is 1. The molecule has 1 N–H and O–H groups in total. The first-order valence-electron chi connectivity index (χ1n) is 5.62. The molecule has 0 amide bonds. The Morgan fingerprint density at radius 3 is 2.47 bits per heavy atom. The van der Waals surface area contributed by atoms with E-state index >= 15 is 0 Å². The first kappa shape index (κ1) is 14.9. The molecule has 9 heteroatoms. The van der Waals surface area contributed by atoms with Gasteiger partial charge in [0.05, 0.1) is 6.33 Å². The number of hydrogen-bond donors (Lipinski definition) is 1. The van der Waals surface area contributed by atoms with Gasteiger partial charge in [0.2, 0.25) is 9.76 Å². The maximum Gasteiger partial charge on any atom is 0.332 e. The summed E-state index contributed by atoms with van der Waals surface area (Å²) in [7, 11) is 2.53. The maximum atomic E-state index is 11.4. The van der Waals surface area contributed by atoms with Crippen LogP contribution < -0.4 is 11.2 Å². The van der Waals surface area contributed by atoms with Crippen LogP contribution in [0.1, 0.15) is 6.92 Å². The number of aromatic amines is 1. The molecule has 0 atom stereocenters. The summed E-state index contributed by atoms with van der Waals surface area (Å²) in [5.41, 5.74) is 0.0119. The maximum absolute atomic E-state index is 11.4. The number of H-pyrrole nitrogens is 1. The van der Waals surface area contributed by atoms with Crippen LogP contribution in [0.25, 0.3) is 11.2 Å². The van der Waals surface area contributed by atoms with E-state index in [1.54, 1.807) is 7.05 Å². The minimum Gasteiger partial charge on any atom is -0.525 e. The largest absolute Gasteiger partial charge is 0.525 e. The van der Waals surface area contributed by atoms with Gasteiger partial charge in [-0.05, 0) is 6.55 Å². The molecule has 0 unspecified atom stereocenters. The normalized spacial score (nSPS) is 10.5. The number of rotatable bonds is 1. The fourth-order valence-corrected chi connectivity index (χ4v) is 1.88. The van der Waals surface area contributed by atoms with E-state index < -0.39 is 9.76 Å². The van der Waals surface area contributed by atoms with E-state index in [2.05, 4.69) is 14.4 Å². The monoisotopic (exact) mass is 284 g/mol. The molecule has 0 spiro atoms. The molecule has 0 saturated carbocycles. The third-order valence-electron chi connectivity index (χ3n) is 2.38. The Morgan fingerprint density at radius 2 is 2.00 bits per heavy atom. The third kappa shape index (κ3) is 3.19. The van der Waals surface area contributed by atoms with Crippen molar-refractivity contribution in [2.75, 3.05) is 0 Å². The fourth-order valence-electron chi connectivity index (χ4n) is 1.47. The molecule has 2 rings (SSSR count). The molecule has 2 aromatic heterocycles. The van der Waals surface area contributed by atoms with Gasteiger partial charge in [0.25, 0.3) is 11.5 Å². The molecule has 8 nitrogen and oxygen atoms in total.